The fourth-order valence-electron chi connectivity index (χ4n) is 1.54. The molecule has 2 heterocycles. The Morgan fingerprint density at radius 1 is 0.722 bits per heavy atom. The first-order valence-corrected chi connectivity index (χ1v) is 5.17. The Hall–Kier alpha value is -1.86. The van der Waals surface area contributed by atoms with Gasteiger partial charge in [0.05, 0.1) is 0 Å². The number of rotatable bonds is 3. The van der Waals surface area contributed by atoms with Crippen molar-refractivity contribution in [3.05, 3.63) is 60.2 Å². The molecule has 0 amide bonds. The van der Waals surface area contributed by atoms with Crippen molar-refractivity contribution in [2.24, 2.45) is 0 Å². The first-order valence-electron chi connectivity index (χ1n) is 5.17. The smallest absolute Gasteiger partial charge is 0.252 e. The van der Waals surface area contributed by atoms with Gasteiger partial charge in [0.1, 0.15) is 0 Å². The molecule has 6 nitrogen and oxygen atoms in total. The molecule has 0 radical (unpaired) electrons. The van der Waals surface area contributed by atoms with Crippen LogP contribution in [0.4, 0.5) is 0 Å². The van der Waals surface area contributed by atoms with Crippen LogP contribution in [0, 0.1) is 0 Å². The van der Waals surface area contributed by atoms with Crippen molar-refractivity contribution < 1.29 is 20.4 Å². The van der Waals surface area contributed by atoms with Crippen LogP contribution in [0.2, 0.25) is 0 Å². The molecule has 0 unspecified atom stereocenters. The summed E-state index contributed by atoms with van der Waals surface area (Å²) in [6, 6.07) is 5.56. The van der Waals surface area contributed by atoms with Crippen molar-refractivity contribution in [3.8, 4) is 0 Å². The van der Waals surface area contributed by atoms with E-state index in [2.05, 4.69) is 9.97 Å². The van der Waals surface area contributed by atoms with Gasteiger partial charge in [-0.25, -0.2) is 0 Å². The predicted molar refractivity (Wildman–Crippen MR) is 60.7 cm³/mol. The molecule has 6 heteroatoms. The number of aliphatic hydroxyl groups is 4. The zero-order chi connectivity index (χ0) is 13.2. The topological polar surface area (TPSA) is 107 Å². The van der Waals surface area contributed by atoms with Crippen molar-refractivity contribution in [2.75, 3.05) is 0 Å². The van der Waals surface area contributed by atoms with Crippen molar-refractivity contribution >= 4 is 0 Å². The van der Waals surface area contributed by atoms with Crippen LogP contribution < -0.4 is 0 Å². The van der Waals surface area contributed by atoms with Crippen LogP contribution in [0.15, 0.2) is 49.1 Å². The predicted octanol–water partition coefficient (Wildman–Crippen LogP) is -0.548. The van der Waals surface area contributed by atoms with Crippen molar-refractivity contribution in [1.82, 2.24) is 9.97 Å². The van der Waals surface area contributed by atoms with Crippen LogP contribution in [0.25, 0.3) is 0 Å². The van der Waals surface area contributed by atoms with Gasteiger partial charge in [0, 0.05) is 35.9 Å². The quantitative estimate of drug-likeness (QED) is 0.543. The minimum absolute atomic E-state index is 0.140. The highest BCUT2D eigenvalue weighted by atomic mass is 16.6. The molecule has 2 aromatic rings. The molecule has 0 aliphatic carbocycles. The summed E-state index contributed by atoms with van der Waals surface area (Å²) in [6.07, 6.45) is 5.13. The molecule has 0 saturated heterocycles. The van der Waals surface area contributed by atoms with Crippen molar-refractivity contribution in [1.29, 1.82) is 0 Å². The number of hydrogen-bond donors (Lipinski definition) is 4. The summed E-state index contributed by atoms with van der Waals surface area (Å²) >= 11 is 0. The lowest BCUT2D eigenvalue weighted by Crippen LogP contribution is -2.49. The lowest BCUT2D eigenvalue weighted by Gasteiger charge is -2.34. The van der Waals surface area contributed by atoms with Crippen LogP contribution in [-0.4, -0.2) is 30.4 Å². The van der Waals surface area contributed by atoms with Crippen LogP contribution in [0.5, 0.6) is 0 Å². The van der Waals surface area contributed by atoms with E-state index in [-0.39, 0.29) is 11.1 Å². The van der Waals surface area contributed by atoms with Gasteiger partial charge < -0.3 is 20.4 Å². The molecule has 2 rings (SSSR count). The molecule has 0 aliphatic heterocycles. The number of nitrogens with zero attached hydrogens (tertiary/aromatic N) is 2. The monoisotopic (exact) mass is 248 g/mol. The van der Waals surface area contributed by atoms with Crippen molar-refractivity contribution in [2.45, 2.75) is 11.6 Å². The summed E-state index contributed by atoms with van der Waals surface area (Å²) in [6.45, 7) is 0. The van der Waals surface area contributed by atoms with E-state index in [0.29, 0.717) is 0 Å². The highest BCUT2D eigenvalue weighted by Crippen LogP contribution is 2.35. The highest BCUT2D eigenvalue weighted by molar-refractivity contribution is 5.25. The van der Waals surface area contributed by atoms with Gasteiger partial charge in [0.15, 0.2) is 0 Å². The third kappa shape index (κ3) is 1.98. The van der Waals surface area contributed by atoms with E-state index in [9.17, 15) is 20.4 Å². The average molecular weight is 248 g/mol. The maximum atomic E-state index is 9.95. The van der Waals surface area contributed by atoms with Gasteiger partial charge in [0.2, 0.25) is 0 Å². The number of hydrogen-bond acceptors (Lipinski definition) is 6. The van der Waals surface area contributed by atoms with Gasteiger partial charge >= 0.3 is 0 Å². The second-order valence-electron chi connectivity index (χ2n) is 3.83. The first kappa shape index (κ1) is 12.6. The van der Waals surface area contributed by atoms with Gasteiger partial charge in [-0.3, -0.25) is 9.97 Å². The molecule has 0 aliphatic rings. The summed E-state index contributed by atoms with van der Waals surface area (Å²) in [7, 11) is 0. The first-order chi connectivity index (χ1) is 8.46. The van der Waals surface area contributed by atoms with Crippen LogP contribution in [0.3, 0.4) is 0 Å². The van der Waals surface area contributed by atoms with E-state index in [1.54, 1.807) is 0 Å². The molecule has 18 heavy (non-hydrogen) atoms. The minimum Gasteiger partial charge on any atom is -0.357 e. The van der Waals surface area contributed by atoms with Crippen LogP contribution in [-0.2, 0) is 11.6 Å². The fraction of sp³-hybridized carbons (Fsp3) is 0.167. The summed E-state index contributed by atoms with van der Waals surface area (Å²) in [5.74, 6) is -5.80. The summed E-state index contributed by atoms with van der Waals surface area (Å²) in [5.41, 5.74) is -0.280. The van der Waals surface area contributed by atoms with Gasteiger partial charge in [-0.15, -0.1) is 0 Å². The van der Waals surface area contributed by atoms with E-state index in [1.807, 2.05) is 0 Å². The Kier molecular flexibility index (Phi) is 3.10. The summed E-state index contributed by atoms with van der Waals surface area (Å²) < 4.78 is 0. The minimum atomic E-state index is -2.90. The Bertz CT molecular complexity index is 465. The van der Waals surface area contributed by atoms with Gasteiger partial charge in [-0.1, -0.05) is 12.1 Å². The molecule has 0 atom stereocenters. The molecule has 0 aromatic carbocycles. The Morgan fingerprint density at radius 2 is 1.11 bits per heavy atom. The lowest BCUT2D eigenvalue weighted by atomic mass is 9.93. The van der Waals surface area contributed by atoms with Crippen LogP contribution in [0.1, 0.15) is 11.1 Å². The highest BCUT2D eigenvalue weighted by Gasteiger charge is 2.50. The summed E-state index contributed by atoms with van der Waals surface area (Å²) in [5, 5.41) is 39.8. The van der Waals surface area contributed by atoms with Gasteiger partial charge in [-0.05, 0) is 12.1 Å². The Labute approximate surface area is 103 Å². The molecular weight excluding hydrogens is 236 g/mol. The van der Waals surface area contributed by atoms with E-state index in [0.717, 1.165) is 12.4 Å². The lowest BCUT2D eigenvalue weighted by molar-refractivity contribution is -0.375. The standard InChI is InChI=1S/C12H12N2O4/c15-11(16,9-3-1-5-13-7-9)12(17,18)10-4-2-6-14-8-10/h1-8,15-18H. The molecule has 0 spiro atoms. The SMILES string of the molecule is OC(O)(c1cccnc1)C(O)(O)c1cccnc1. The maximum absolute atomic E-state index is 9.95. The molecule has 94 valence electrons. The largest absolute Gasteiger partial charge is 0.357 e. The van der Waals surface area contributed by atoms with Gasteiger partial charge in [-0.2, -0.15) is 0 Å². The molecule has 4 N–H and O–H groups in total. The second kappa shape index (κ2) is 4.43. The fourth-order valence-corrected chi connectivity index (χ4v) is 1.54. The average Bonchev–Trinajstić information content (AvgIpc) is 2.40. The van der Waals surface area contributed by atoms with Crippen LogP contribution >= 0.6 is 0 Å². The third-order valence-electron chi connectivity index (χ3n) is 2.61. The maximum Gasteiger partial charge on any atom is 0.252 e. The molecule has 0 bridgehead atoms. The van der Waals surface area contributed by atoms with E-state index >= 15 is 0 Å². The normalized spacial score (nSPS) is 12.4. The number of pyridine rings is 2. The molecule has 0 fully saturated rings. The van der Waals surface area contributed by atoms with E-state index in [4.69, 9.17) is 0 Å². The molecule has 2 aromatic heterocycles. The Balaban J connectivity index is 2.47. The summed E-state index contributed by atoms with van der Waals surface area (Å²) in [4.78, 5) is 7.40. The third-order valence-corrected chi connectivity index (χ3v) is 2.61. The Morgan fingerprint density at radius 3 is 1.39 bits per heavy atom. The van der Waals surface area contributed by atoms with E-state index in [1.165, 1.54) is 36.7 Å². The number of aromatic nitrogens is 2. The molecule has 0 saturated carbocycles. The molecular formula is C12H12N2O4. The van der Waals surface area contributed by atoms with Gasteiger partial charge in [0.25, 0.3) is 11.6 Å². The van der Waals surface area contributed by atoms with Crippen molar-refractivity contribution in [3.63, 3.8) is 0 Å². The van der Waals surface area contributed by atoms with E-state index < -0.39 is 11.6 Å². The zero-order valence-corrected chi connectivity index (χ0v) is 9.30. The second-order valence-corrected chi connectivity index (χ2v) is 3.83. The zero-order valence-electron chi connectivity index (χ0n) is 9.30.